The van der Waals surface area contributed by atoms with Crippen molar-refractivity contribution in [3.63, 3.8) is 0 Å². The second-order valence-corrected chi connectivity index (χ2v) is 2.82. The second-order valence-electron chi connectivity index (χ2n) is 2.82. The van der Waals surface area contributed by atoms with Crippen LogP contribution in [0.4, 0.5) is 0 Å². The molecule has 0 aliphatic rings. The van der Waals surface area contributed by atoms with E-state index in [1.165, 1.54) is 6.08 Å². The van der Waals surface area contributed by atoms with E-state index in [1.54, 1.807) is 6.92 Å². The molecule has 2 atom stereocenters. The van der Waals surface area contributed by atoms with Crippen LogP contribution in [0.15, 0.2) is 12.3 Å². The van der Waals surface area contributed by atoms with Gasteiger partial charge in [-0.3, -0.25) is 10.1 Å². The fourth-order valence-electron chi connectivity index (χ4n) is 1.01. The molecule has 0 heterocycles. The summed E-state index contributed by atoms with van der Waals surface area (Å²) in [6.07, 6.45) is 3.53. The third kappa shape index (κ3) is 4.85. The number of nitro groups is 1. The largest absolute Gasteiger partial charge is 0.393 e. The molecule has 0 fully saturated rings. The van der Waals surface area contributed by atoms with Crippen LogP contribution in [-0.2, 0) is 0 Å². The van der Waals surface area contributed by atoms with Crippen molar-refractivity contribution in [1.82, 2.24) is 0 Å². The Morgan fingerprint density at radius 1 is 1.67 bits per heavy atom. The third-order valence-corrected chi connectivity index (χ3v) is 1.70. The molecule has 2 unspecified atom stereocenters. The number of rotatable bonds is 5. The molecule has 4 nitrogen and oxygen atoms in total. The number of hydrogen-bond acceptors (Lipinski definition) is 3. The predicted molar refractivity (Wildman–Crippen MR) is 46.2 cm³/mol. The minimum atomic E-state index is -0.513. The van der Waals surface area contributed by atoms with Crippen LogP contribution in [0.5, 0.6) is 0 Å². The van der Waals surface area contributed by atoms with Crippen LogP contribution in [0.2, 0.25) is 0 Å². The molecule has 0 aromatic carbocycles. The molecule has 0 aliphatic heterocycles. The number of hydrogen-bond donors (Lipinski definition) is 1. The van der Waals surface area contributed by atoms with E-state index >= 15 is 0 Å². The maximum absolute atomic E-state index is 9.97. The molecule has 0 saturated carbocycles. The van der Waals surface area contributed by atoms with Crippen molar-refractivity contribution < 1.29 is 10.0 Å². The van der Waals surface area contributed by atoms with Crippen molar-refractivity contribution in [1.29, 1.82) is 0 Å². The van der Waals surface area contributed by atoms with Gasteiger partial charge in [0.1, 0.15) is 0 Å². The van der Waals surface area contributed by atoms with Crippen LogP contribution < -0.4 is 0 Å². The standard InChI is InChI=1S/C8H15NO3/c1-3-4-8(7(2)10)5-6-9(11)12/h5-8,10H,3-4H2,1-2H3/b6-5+. The van der Waals surface area contributed by atoms with Crippen LogP contribution in [0, 0.1) is 16.0 Å². The number of aliphatic hydroxyl groups is 1. The van der Waals surface area contributed by atoms with Gasteiger partial charge < -0.3 is 5.11 Å². The Hall–Kier alpha value is -0.900. The Morgan fingerprint density at radius 2 is 2.25 bits per heavy atom. The molecule has 0 rings (SSSR count). The zero-order valence-electron chi connectivity index (χ0n) is 7.43. The minimum absolute atomic E-state index is 0.0969. The van der Waals surface area contributed by atoms with Gasteiger partial charge in [-0.25, -0.2) is 0 Å². The van der Waals surface area contributed by atoms with E-state index in [4.69, 9.17) is 0 Å². The highest BCUT2D eigenvalue weighted by Crippen LogP contribution is 2.12. The number of nitrogens with zero attached hydrogens (tertiary/aromatic N) is 1. The summed E-state index contributed by atoms with van der Waals surface area (Å²) in [4.78, 5) is 9.46. The zero-order valence-corrected chi connectivity index (χ0v) is 7.43. The van der Waals surface area contributed by atoms with Crippen molar-refractivity contribution >= 4 is 0 Å². The fraction of sp³-hybridized carbons (Fsp3) is 0.750. The Balaban J connectivity index is 4.03. The first-order valence-corrected chi connectivity index (χ1v) is 4.07. The first-order valence-electron chi connectivity index (χ1n) is 4.07. The summed E-state index contributed by atoms with van der Waals surface area (Å²) in [7, 11) is 0. The van der Waals surface area contributed by atoms with Gasteiger partial charge in [-0.2, -0.15) is 0 Å². The van der Waals surface area contributed by atoms with E-state index in [-0.39, 0.29) is 5.92 Å². The molecule has 0 saturated heterocycles. The first kappa shape index (κ1) is 11.1. The summed E-state index contributed by atoms with van der Waals surface area (Å²) in [5.41, 5.74) is 0. The molecule has 0 aromatic rings. The zero-order chi connectivity index (χ0) is 9.56. The summed E-state index contributed by atoms with van der Waals surface area (Å²) < 4.78 is 0. The maximum atomic E-state index is 9.97. The molecule has 1 N–H and O–H groups in total. The van der Waals surface area contributed by atoms with Gasteiger partial charge in [0.15, 0.2) is 0 Å². The van der Waals surface area contributed by atoms with Gasteiger partial charge in [-0.1, -0.05) is 13.3 Å². The van der Waals surface area contributed by atoms with E-state index in [0.29, 0.717) is 0 Å². The molecule has 0 radical (unpaired) electrons. The quantitative estimate of drug-likeness (QED) is 0.507. The van der Waals surface area contributed by atoms with E-state index < -0.39 is 11.0 Å². The Morgan fingerprint density at radius 3 is 2.58 bits per heavy atom. The van der Waals surface area contributed by atoms with E-state index in [0.717, 1.165) is 19.0 Å². The average Bonchev–Trinajstić information content (AvgIpc) is 1.96. The molecular formula is C8H15NO3. The van der Waals surface area contributed by atoms with Crippen LogP contribution in [0.3, 0.4) is 0 Å². The second kappa shape index (κ2) is 5.71. The fourth-order valence-corrected chi connectivity index (χ4v) is 1.01. The lowest BCUT2D eigenvalue weighted by Gasteiger charge is -2.12. The predicted octanol–water partition coefficient (Wildman–Crippen LogP) is 1.57. The van der Waals surface area contributed by atoms with Crippen molar-refractivity contribution in [3.8, 4) is 0 Å². The summed E-state index contributed by atoms with van der Waals surface area (Å²) in [6, 6.07) is 0. The topological polar surface area (TPSA) is 63.4 Å². The van der Waals surface area contributed by atoms with E-state index in [2.05, 4.69) is 0 Å². The average molecular weight is 173 g/mol. The smallest absolute Gasteiger partial charge is 0.230 e. The molecular weight excluding hydrogens is 158 g/mol. The monoisotopic (exact) mass is 173 g/mol. The first-order chi connectivity index (χ1) is 5.57. The van der Waals surface area contributed by atoms with E-state index in [9.17, 15) is 15.2 Å². The molecule has 0 aromatic heterocycles. The lowest BCUT2D eigenvalue weighted by Crippen LogP contribution is -2.14. The number of aliphatic hydroxyl groups excluding tert-OH is 1. The lowest BCUT2D eigenvalue weighted by atomic mass is 9.98. The van der Waals surface area contributed by atoms with Crippen LogP contribution >= 0.6 is 0 Å². The lowest BCUT2D eigenvalue weighted by molar-refractivity contribution is -0.403. The molecule has 0 aliphatic carbocycles. The van der Waals surface area contributed by atoms with Gasteiger partial charge in [0.05, 0.1) is 11.0 Å². The highest BCUT2D eigenvalue weighted by Gasteiger charge is 2.11. The SMILES string of the molecule is CCCC(/C=C/[N+](=O)[O-])C(C)O. The Kier molecular flexibility index (Phi) is 5.28. The highest BCUT2D eigenvalue weighted by molar-refractivity contribution is 4.85. The maximum Gasteiger partial charge on any atom is 0.230 e. The van der Waals surface area contributed by atoms with Crippen molar-refractivity contribution in [2.24, 2.45) is 5.92 Å². The summed E-state index contributed by atoms with van der Waals surface area (Å²) in [5, 5.41) is 19.2. The molecule has 12 heavy (non-hydrogen) atoms. The normalized spacial score (nSPS) is 16.2. The van der Waals surface area contributed by atoms with Gasteiger partial charge >= 0.3 is 0 Å². The van der Waals surface area contributed by atoms with Crippen molar-refractivity contribution in [2.45, 2.75) is 32.8 Å². The molecule has 0 spiro atoms. The Bertz CT molecular complexity index is 166. The van der Waals surface area contributed by atoms with Crippen LogP contribution in [0.1, 0.15) is 26.7 Å². The van der Waals surface area contributed by atoms with Crippen molar-refractivity contribution in [2.75, 3.05) is 0 Å². The Labute approximate surface area is 72.1 Å². The minimum Gasteiger partial charge on any atom is -0.393 e. The molecule has 0 amide bonds. The van der Waals surface area contributed by atoms with Gasteiger partial charge in [0.2, 0.25) is 6.20 Å². The van der Waals surface area contributed by atoms with Gasteiger partial charge in [0.25, 0.3) is 0 Å². The third-order valence-electron chi connectivity index (χ3n) is 1.70. The highest BCUT2D eigenvalue weighted by atomic mass is 16.6. The van der Waals surface area contributed by atoms with Gasteiger partial charge in [0, 0.05) is 5.92 Å². The molecule has 0 bridgehead atoms. The van der Waals surface area contributed by atoms with E-state index in [1.807, 2.05) is 6.92 Å². The molecule has 70 valence electrons. The van der Waals surface area contributed by atoms with Gasteiger partial charge in [-0.05, 0) is 19.4 Å². The van der Waals surface area contributed by atoms with Crippen molar-refractivity contribution in [3.05, 3.63) is 22.4 Å². The van der Waals surface area contributed by atoms with Crippen LogP contribution in [0.25, 0.3) is 0 Å². The summed E-state index contributed by atoms with van der Waals surface area (Å²) in [5.74, 6) is -0.0969. The van der Waals surface area contributed by atoms with Crippen LogP contribution in [-0.4, -0.2) is 16.1 Å². The molecule has 4 heteroatoms. The van der Waals surface area contributed by atoms with Gasteiger partial charge in [-0.15, -0.1) is 0 Å². The summed E-state index contributed by atoms with van der Waals surface area (Å²) >= 11 is 0. The summed E-state index contributed by atoms with van der Waals surface area (Å²) in [6.45, 7) is 3.62.